The van der Waals surface area contributed by atoms with Gasteiger partial charge in [-0.1, -0.05) is 12.1 Å². The van der Waals surface area contributed by atoms with Gasteiger partial charge >= 0.3 is 0 Å². The molecule has 2 rings (SSSR count). The van der Waals surface area contributed by atoms with Gasteiger partial charge in [0.05, 0.1) is 18.4 Å². The maximum absolute atomic E-state index is 5.84. The molecule has 0 atom stereocenters. The average molecular weight is 288 g/mol. The number of hydrogen-bond donors (Lipinski definition) is 1. The molecular formula is C16H20N2O3. The third kappa shape index (κ3) is 4.36. The predicted octanol–water partition coefficient (Wildman–Crippen LogP) is 3.39. The standard InChI is InChI=1S/C16H20N2O3/c1-11(2)20-16-14(17)7-8-15(18-16)21-13-6-4-5-12(9-13)10-19-3/h4-9,11H,10,17H2,1-3H3. The van der Waals surface area contributed by atoms with Crippen molar-refractivity contribution in [3.63, 3.8) is 0 Å². The number of benzene rings is 1. The Morgan fingerprint density at radius 1 is 1.19 bits per heavy atom. The van der Waals surface area contributed by atoms with Crippen LogP contribution in [-0.2, 0) is 11.3 Å². The minimum atomic E-state index is 0.0000749. The number of hydrogen-bond acceptors (Lipinski definition) is 5. The Balaban J connectivity index is 2.17. The third-order valence-electron chi connectivity index (χ3n) is 2.64. The van der Waals surface area contributed by atoms with E-state index in [4.69, 9.17) is 19.9 Å². The van der Waals surface area contributed by atoms with Gasteiger partial charge in [-0.2, -0.15) is 4.98 Å². The van der Waals surface area contributed by atoms with E-state index in [0.29, 0.717) is 29.8 Å². The minimum Gasteiger partial charge on any atom is -0.473 e. The summed E-state index contributed by atoms with van der Waals surface area (Å²) >= 11 is 0. The first-order chi connectivity index (χ1) is 10.1. The Kier molecular flexibility index (Phi) is 5.00. The van der Waals surface area contributed by atoms with Crippen LogP contribution in [0, 0.1) is 0 Å². The van der Waals surface area contributed by atoms with Crippen LogP contribution in [0.25, 0.3) is 0 Å². The zero-order valence-electron chi connectivity index (χ0n) is 12.5. The molecule has 0 radical (unpaired) electrons. The van der Waals surface area contributed by atoms with E-state index in [0.717, 1.165) is 5.56 Å². The second-order valence-electron chi connectivity index (χ2n) is 4.89. The molecule has 2 N–H and O–H groups in total. The van der Waals surface area contributed by atoms with Crippen molar-refractivity contribution >= 4 is 5.69 Å². The molecule has 1 aromatic heterocycles. The van der Waals surface area contributed by atoms with Gasteiger partial charge in [0.1, 0.15) is 5.75 Å². The van der Waals surface area contributed by atoms with Crippen molar-refractivity contribution in [1.82, 2.24) is 4.98 Å². The van der Waals surface area contributed by atoms with Crippen molar-refractivity contribution in [1.29, 1.82) is 0 Å². The lowest BCUT2D eigenvalue weighted by atomic mass is 10.2. The molecule has 0 unspecified atom stereocenters. The SMILES string of the molecule is COCc1cccc(Oc2ccc(N)c(OC(C)C)n2)c1. The second-order valence-corrected chi connectivity index (χ2v) is 4.89. The smallest absolute Gasteiger partial charge is 0.240 e. The minimum absolute atomic E-state index is 0.0000749. The first kappa shape index (κ1) is 15.1. The van der Waals surface area contributed by atoms with Gasteiger partial charge < -0.3 is 19.9 Å². The van der Waals surface area contributed by atoms with Crippen molar-refractivity contribution < 1.29 is 14.2 Å². The normalized spacial score (nSPS) is 10.7. The molecule has 5 heteroatoms. The van der Waals surface area contributed by atoms with Crippen molar-refractivity contribution in [2.45, 2.75) is 26.6 Å². The molecule has 2 aromatic rings. The fourth-order valence-corrected chi connectivity index (χ4v) is 1.79. The molecular weight excluding hydrogens is 268 g/mol. The van der Waals surface area contributed by atoms with Crippen LogP contribution >= 0.6 is 0 Å². The zero-order valence-corrected chi connectivity index (χ0v) is 12.5. The van der Waals surface area contributed by atoms with Gasteiger partial charge in [-0.25, -0.2) is 0 Å². The quantitative estimate of drug-likeness (QED) is 0.882. The Bertz CT molecular complexity index is 600. The molecule has 0 saturated carbocycles. The summed E-state index contributed by atoms with van der Waals surface area (Å²) in [5.41, 5.74) is 7.36. The van der Waals surface area contributed by atoms with E-state index in [-0.39, 0.29) is 6.10 Å². The lowest BCUT2D eigenvalue weighted by molar-refractivity contribution is 0.184. The maximum atomic E-state index is 5.84. The van der Waals surface area contributed by atoms with E-state index < -0.39 is 0 Å². The maximum Gasteiger partial charge on any atom is 0.240 e. The van der Waals surface area contributed by atoms with Gasteiger partial charge in [-0.15, -0.1) is 0 Å². The molecule has 1 heterocycles. The van der Waals surface area contributed by atoms with E-state index in [9.17, 15) is 0 Å². The average Bonchev–Trinajstić information content (AvgIpc) is 2.43. The number of rotatable bonds is 6. The summed E-state index contributed by atoms with van der Waals surface area (Å²) in [6.07, 6.45) is 0.0000749. The van der Waals surface area contributed by atoms with Crippen LogP contribution in [-0.4, -0.2) is 18.2 Å². The molecule has 5 nitrogen and oxygen atoms in total. The molecule has 112 valence electrons. The topological polar surface area (TPSA) is 66.6 Å². The Hall–Kier alpha value is -2.27. The second kappa shape index (κ2) is 6.95. The highest BCUT2D eigenvalue weighted by Crippen LogP contribution is 2.27. The lowest BCUT2D eigenvalue weighted by Gasteiger charge is -2.12. The molecule has 0 saturated heterocycles. The van der Waals surface area contributed by atoms with Crippen molar-refractivity contribution in [3.05, 3.63) is 42.0 Å². The van der Waals surface area contributed by atoms with Crippen LogP contribution in [0.5, 0.6) is 17.5 Å². The molecule has 0 bridgehead atoms. The molecule has 0 fully saturated rings. The summed E-state index contributed by atoms with van der Waals surface area (Å²) in [7, 11) is 1.66. The summed E-state index contributed by atoms with van der Waals surface area (Å²) in [5, 5.41) is 0. The van der Waals surface area contributed by atoms with Crippen LogP contribution < -0.4 is 15.2 Å². The van der Waals surface area contributed by atoms with Crippen LogP contribution in [0.4, 0.5) is 5.69 Å². The van der Waals surface area contributed by atoms with Crippen LogP contribution in [0.3, 0.4) is 0 Å². The summed E-state index contributed by atoms with van der Waals surface area (Å²) in [6, 6.07) is 11.1. The van der Waals surface area contributed by atoms with E-state index in [1.165, 1.54) is 0 Å². The molecule has 0 amide bonds. The Labute approximate surface area is 124 Å². The zero-order chi connectivity index (χ0) is 15.2. The summed E-state index contributed by atoms with van der Waals surface area (Å²) in [6.45, 7) is 4.37. The number of ether oxygens (including phenoxy) is 3. The van der Waals surface area contributed by atoms with Crippen LogP contribution in [0.1, 0.15) is 19.4 Å². The van der Waals surface area contributed by atoms with Crippen LogP contribution in [0.2, 0.25) is 0 Å². The number of anilines is 1. The number of pyridine rings is 1. The molecule has 0 spiro atoms. The molecule has 0 aliphatic rings. The number of nitrogen functional groups attached to an aromatic ring is 1. The summed E-state index contributed by atoms with van der Waals surface area (Å²) in [5.74, 6) is 1.52. The molecule has 0 aliphatic heterocycles. The Morgan fingerprint density at radius 3 is 2.71 bits per heavy atom. The number of methoxy groups -OCH3 is 1. The first-order valence-corrected chi connectivity index (χ1v) is 6.77. The summed E-state index contributed by atoms with van der Waals surface area (Å²) < 4.78 is 16.4. The highest BCUT2D eigenvalue weighted by Gasteiger charge is 2.08. The van der Waals surface area contributed by atoms with E-state index >= 15 is 0 Å². The van der Waals surface area contributed by atoms with Crippen molar-refractivity contribution in [2.75, 3.05) is 12.8 Å². The van der Waals surface area contributed by atoms with Gasteiger partial charge in [-0.05, 0) is 37.6 Å². The van der Waals surface area contributed by atoms with Gasteiger partial charge in [0, 0.05) is 13.2 Å². The number of nitrogens with two attached hydrogens (primary N) is 1. The largest absolute Gasteiger partial charge is 0.473 e. The fraction of sp³-hybridized carbons (Fsp3) is 0.312. The summed E-state index contributed by atoms with van der Waals surface area (Å²) in [4.78, 5) is 4.28. The van der Waals surface area contributed by atoms with Gasteiger partial charge in [0.15, 0.2) is 0 Å². The Morgan fingerprint density at radius 2 is 2.00 bits per heavy atom. The first-order valence-electron chi connectivity index (χ1n) is 6.77. The van der Waals surface area contributed by atoms with Crippen LogP contribution in [0.15, 0.2) is 36.4 Å². The predicted molar refractivity (Wildman–Crippen MR) is 81.6 cm³/mol. The van der Waals surface area contributed by atoms with E-state index in [1.54, 1.807) is 19.2 Å². The number of aromatic nitrogens is 1. The fourth-order valence-electron chi connectivity index (χ4n) is 1.79. The van der Waals surface area contributed by atoms with Gasteiger partial charge in [-0.3, -0.25) is 0 Å². The lowest BCUT2D eigenvalue weighted by Crippen LogP contribution is -2.09. The van der Waals surface area contributed by atoms with Gasteiger partial charge in [0.25, 0.3) is 0 Å². The van der Waals surface area contributed by atoms with E-state index in [2.05, 4.69) is 4.98 Å². The van der Waals surface area contributed by atoms with Crippen molar-refractivity contribution in [3.8, 4) is 17.5 Å². The highest BCUT2D eigenvalue weighted by atomic mass is 16.5. The molecule has 21 heavy (non-hydrogen) atoms. The van der Waals surface area contributed by atoms with Crippen molar-refractivity contribution in [2.24, 2.45) is 0 Å². The monoisotopic (exact) mass is 288 g/mol. The number of nitrogens with zero attached hydrogens (tertiary/aromatic N) is 1. The van der Waals surface area contributed by atoms with Gasteiger partial charge in [0.2, 0.25) is 11.8 Å². The van der Waals surface area contributed by atoms with E-state index in [1.807, 2.05) is 38.1 Å². The highest BCUT2D eigenvalue weighted by molar-refractivity contribution is 5.49. The molecule has 1 aromatic carbocycles. The molecule has 0 aliphatic carbocycles. The third-order valence-corrected chi connectivity index (χ3v) is 2.64.